The van der Waals surface area contributed by atoms with Gasteiger partial charge in [0.2, 0.25) is 11.9 Å². The number of hydrogen-bond acceptors (Lipinski definition) is 8. The van der Waals surface area contributed by atoms with E-state index in [1.165, 1.54) is 11.8 Å². The maximum Gasteiger partial charge on any atom is 0.223 e. The van der Waals surface area contributed by atoms with Gasteiger partial charge in [0.15, 0.2) is 5.65 Å². The Morgan fingerprint density at radius 1 is 1.43 bits per heavy atom. The van der Waals surface area contributed by atoms with E-state index in [1.54, 1.807) is 25.0 Å². The number of pyridine rings is 1. The van der Waals surface area contributed by atoms with Crippen LogP contribution in [-0.2, 0) is 11.3 Å². The van der Waals surface area contributed by atoms with Crippen LogP contribution < -0.4 is 15.8 Å². The molecule has 3 aromatic rings. The fourth-order valence-corrected chi connectivity index (χ4v) is 5.00. The average molecular weight is 490 g/mol. The Morgan fingerprint density at radius 2 is 2.23 bits per heavy atom. The number of aryl methyl sites for hydroxylation is 1. The molecule has 4 rings (SSSR count). The summed E-state index contributed by atoms with van der Waals surface area (Å²) in [7, 11) is 3.25. The van der Waals surface area contributed by atoms with Crippen molar-refractivity contribution in [1.82, 2.24) is 30.0 Å². The fourth-order valence-electron chi connectivity index (χ4n) is 3.29. The number of carbonyl (C=O) groups is 1. The Bertz CT molecular complexity index is 1190. The molecule has 9 nitrogen and oxygen atoms in total. The first-order valence-electron chi connectivity index (χ1n) is 9.16. The highest BCUT2D eigenvalue weighted by Crippen LogP contribution is 2.36. The molecule has 30 heavy (non-hydrogen) atoms. The lowest BCUT2D eigenvalue weighted by atomic mass is 10.1. The molecule has 1 aliphatic heterocycles. The van der Waals surface area contributed by atoms with Crippen LogP contribution in [0.5, 0.6) is 5.75 Å². The van der Waals surface area contributed by atoms with Crippen LogP contribution in [0.1, 0.15) is 23.4 Å². The molecule has 11 heteroatoms. The topological polar surface area (TPSA) is 121 Å². The normalized spacial score (nSPS) is 13.1. The maximum atomic E-state index is 11.9. The summed E-state index contributed by atoms with van der Waals surface area (Å²) in [6.45, 7) is 2.30. The molecule has 0 aliphatic carbocycles. The van der Waals surface area contributed by atoms with Crippen LogP contribution >= 0.6 is 27.7 Å². The number of methoxy groups -OCH3 is 1. The maximum absolute atomic E-state index is 11.9. The molecule has 0 atom stereocenters. The number of halogens is 1. The van der Waals surface area contributed by atoms with Crippen LogP contribution in [0.3, 0.4) is 0 Å². The molecular weight excluding hydrogens is 470 g/mol. The Hall–Kier alpha value is -2.66. The zero-order valence-corrected chi connectivity index (χ0v) is 19.1. The van der Waals surface area contributed by atoms with E-state index in [-0.39, 0.29) is 11.9 Å². The molecule has 4 heterocycles. The number of anilines is 1. The van der Waals surface area contributed by atoms with Gasteiger partial charge in [-0.3, -0.25) is 9.78 Å². The molecule has 3 N–H and O–H groups in total. The summed E-state index contributed by atoms with van der Waals surface area (Å²) < 4.78 is 8.01. The third kappa shape index (κ3) is 3.74. The minimum Gasteiger partial charge on any atom is -0.495 e. The summed E-state index contributed by atoms with van der Waals surface area (Å²) in [6, 6.07) is 0. The SMILES string of the molecule is CNC(=O)CC1=Cc2nn(Cc3ncc(C)c(OC)c3Br)c3nc(N)nc(c23)SC1. The largest absolute Gasteiger partial charge is 0.495 e. The standard InChI is InChI=1S/C19H20BrN7O2S/c1-9-6-23-12(15(20)16(9)29-3)7-27-17-14-11(26-27)4-10(5-13(28)22-2)8-30-18(14)25-19(21)24-17/h4,6H,5,7-8H2,1-3H3,(H,22,28)(H2,21,24,25). The molecule has 0 aromatic carbocycles. The smallest absolute Gasteiger partial charge is 0.223 e. The van der Waals surface area contributed by atoms with Crippen molar-refractivity contribution >= 4 is 56.7 Å². The van der Waals surface area contributed by atoms with Gasteiger partial charge in [-0.2, -0.15) is 10.1 Å². The first-order valence-corrected chi connectivity index (χ1v) is 10.9. The second-order valence-electron chi connectivity index (χ2n) is 6.80. The number of nitrogen functional groups attached to an aromatic ring is 1. The molecule has 1 aliphatic rings. The van der Waals surface area contributed by atoms with E-state index in [2.05, 4.69) is 36.2 Å². The van der Waals surface area contributed by atoms with Crippen molar-refractivity contribution in [2.24, 2.45) is 0 Å². The van der Waals surface area contributed by atoms with Crippen molar-refractivity contribution in [1.29, 1.82) is 0 Å². The highest BCUT2D eigenvalue weighted by atomic mass is 79.9. The van der Waals surface area contributed by atoms with Gasteiger partial charge in [-0.15, -0.1) is 11.8 Å². The molecule has 0 radical (unpaired) electrons. The second-order valence-corrected chi connectivity index (χ2v) is 8.56. The number of carbonyl (C=O) groups excluding carboxylic acids is 1. The zero-order chi connectivity index (χ0) is 21.4. The summed E-state index contributed by atoms with van der Waals surface area (Å²) in [5.74, 6) is 1.50. The van der Waals surface area contributed by atoms with E-state index >= 15 is 0 Å². The first kappa shape index (κ1) is 20.6. The summed E-state index contributed by atoms with van der Waals surface area (Å²) in [4.78, 5) is 25.2. The van der Waals surface area contributed by atoms with Crippen LogP contribution in [-0.4, -0.2) is 50.5 Å². The number of nitrogens with one attached hydrogen (secondary N) is 1. The van der Waals surface area contributed by atoms with Crippen molar-refractivity contribution in [3.63, 3.8) is 0 Å². The van der Waals surface area contributed by atoms with Gasteiger partial charge in [-0.05, 0) is 34.5 Å². The molecule has 0 bridgehead atoms. The van der Waals surface area contributed by atoms with E-state index in [0.29, 0.717) is 24.4 Å². The van der Waals surface area contributed by atoms with Crippen LogP contribution in [0.4, 0.5) is 5.95 Å². The summed E-state index contributed by atoms with van der Waals surface area (Å²) >= 11 is 5.12. The minimum absolute atomic E-state index is 0.0473. The quantitative estimate of drug-likeness (QED) is 0.524. The van der Waals surface area contributed by atoms with Crippen molar-refractivity contribution in [3.8, 4) is 5.75 Å². The monoisotopic (exact) mass is 489 g/mol. The number of aromatic nitrogens is 5. The molecule has 0 spiro atoms. The lowest BCUT2D eigenvalue weighted by Gasteiger charge is -2.11. The van der Waals surface area contributed by atoms with E-state index in [0.717, 1.165) is 43.2 Å². The van der Waals surface area contributed by atoms with Crippen LogP contribution in [0.25, 0.3) is 17.1 Å². The number of hydrogen-bond donors (Lipinski definition) is 2. The molecule has 0 fully saturated rings. The summed E-state index contributed by atoms with van der Waals surface area (Å²) in [6.07, 6.45) is 4.01. The van der Waals surface area contributed by atoms with E-state index in [9.17, 15) is 4.79 Å². The number of thioether (sulfide) groups is 1. The predicted molar refractivity (Wildman–Crippen MR) is 119 cm³/mol. The van der Waals surface area contributed by atoms with Gasteiger partial charge >= 0.3 is 0 Å². The summed E-state index contributed by atoms with van der Waals surface area (Å²) in [5, 5.41) is 9.00. The van der Waals surface area contributed by atoms with Crippen molar-refractivity contribution in [2.75, 3.05) is 25.6 Å². The molecule has 1 amide bonds. The highest BCUT2D eigenvalue weighted by molar-refractivity contribution is 9.10. The Morgan fingerprint density at radius 3 is 2.97 bits per heavy atom. The number of rotatable bonds is 5. The predicted octanol–water partition coefficient (Wildman–Crippen LogP) is 2.56. The zero-order valence-electron chi connectivity index (χ0n) is 16.7. The molecule has 0 unspecified atom stereocenters. The van der Waals surface area contributed by atoms with Gasteiger partial charge in [0.25, 0.3) is 0 Å². The molecular formula is C19H20BrN7O2S. The number of amides is 1. The number of ether oxygens (including phenoxy) is 1. The van der Waals surface area contributed by atoms with E-state index in [1.807, 2.05) is 13.0 Å². The van der Waals surface area contributed by atoms with Gasteiger partial charge in [-0.25, -0.2) is 9.67 Å². The Balaban J connectivity index is 1.82. The van der Waals surface area contributed by atoms with Gasteiger partial charge < -0.3 is 15.8 Å². The van der Waals surface area contributed by atoms with Crippen molar-refractivity contribution < 1.29 is 9.53 Å². The van der Waals surface area contributed by atoms with Crippen LogP contribution in [0.15, 0.2) is 21.3 Å². The third-order valence-electron chi connectivity index (χ3n) is 4.73. The number of nitrogens with zero attached hydrogens (tertiary/aromatic N) is 5. The van der Waals surface area contributed by atoms with E-state index < -0.39 is 0 Å². The van der Waals surface area contributed by atoms with Crippen LogP contribution in [0, 0.1) is 6.92 Å². The van der Waals surface area contributed by atoms with Crippen molar-refractivity contribution in [3.05, 3.63) is 33.2 Å². The third-order valence-corrected chi connectivity index (χ3v) is 6.64. The van der Waals surface area contributed by atoms with Gasteiger partial charge in [0.05, 0.1) is 34.9 Å². The average Bonchev–Trinajstić information content (AvgIpc) is 2.95. The van der Waals surface area contributed by atoms with Gasteiger partial charge in [0, 0.05) is 31.0 Å². The first-order chi connectivity index (χ1) is 14.4. The molecule has 0 saturated carbocycles. The Kier molecular flexibility index (Phi) is 5.65. The van der Waals surface area contributed by atoms with Gasteiger partial charge in [-0.1, -0.05) is 0 Å². The minimum atomic E-state index is -0.0473. The van der Waals surface area contributed by atoms with Gasteiger partial charge in [0.1, 0.15) is 10.8 Å². The molecule has 156 valence electrons. The van der Waals surface area contributed by atoms with Crippen molar-refractivity contribution in [2.45, 2.75) is 24.9 Å². The molecule has 3 aromatic heterocycles. The Labute approximate surface area is 185 Å². The summed E-state index contributed by atoms with van der Waals surface area (Å²) in [5.41, 5.74) is 9.97. The lowest BCUT2D eigenvalue weighted by Crippen LogP contribution is -2.18. The van der Waals surface area contributed by atoms with E-state index in [4.69, 9.17) is 15.6 Å². The van der Waals surface area contributed by atoms with Crippen LogP contribution in [0.2, 0.25) is 0 Å². The highest BCUT2D eigenvalue weighted by Gasteiger charge is 2.23. The fraction of sp³-hybridized carbons (Fsp3) is 0.316. The molecule has 0 saturated heterocycles. The lowest BCUT2D eigenvalue weighted by molar-refractivity contribution is -0.119. The second kappa shape index (κ2) is 8.23. The number of nitrogens with two attached hydrogens (primary N) is 1.